The molecule has 11 heavy (non-hydrogen) atoms. The highest BCUT2D eigenvalue weighted by molar-refractivity contribution is 4.77. The number of rotatable bonds is 2. The summed E-state index contributed by atoms with van der Waals surface area (Å²) < 4.78 is 0. The van der Waals surface area contributed by atoms with E-state index in [9.17, 15) is 0 Å². The predicted molar refractivity (Wildman–Crippen MR) is 48.5 cm³/mol. The quantitative estimate of drug-likeness (QED) is 0.648. The summed E-state index contributed by atoms with van der Waals surface area (Å²) in [5.74, 6) is 0.788. The zero-order valence-electron chi connectivity index (χ0n) is 7.71. The molecule has 0 heterocycles. The van der Waals surface area contributed by atoms with Crippen molar-refractivity contribution in [3.05, 3.63) is 0 Å². The first-order valence-electron chi connectivity index (χ1n) is 4.60. The van der Waals surface area contributed by atoms with Crippen molar-refractivity contribution >= 4 is 0 Å². The monoisotopic (exact) mass is 156 g/mol. The molecular weight excluding hydrogens is 136 g/mol. The number of nitrogens with zero attached hydrogens (tertiary/aromatic N) is 1. The Labute approximate surface area is 69.8 Å². The van der Waals surface area contributed by atoms with Gasteiger partial charge in [-0.1, -0.05) is 6.42 Å². The van der Waals surface area contributed by atoms with Gasteiger partial charge in [-0.05, 0) is 45.8 Å². The molecule has 2 unspecified atom stereocenters. The van der Waals surface area contributed by atoms with Gasteiger partial charge < -0.3 is 10.6 Å². The van der Waals surface area contributed by atoms with Crippen LogP contribution in [-0.4, -0.2) is 31.6 Å². The van der Waals surface area contributed by atoms with Crippen LogP contribution in [0.1, 0.15) is 25.7 Å². The summed E-state index contributed by atoms with van der Waals surface area (Å²) in [6.45, 7) is 0.879. The lowest BCUT2D eigenvalue weighted by Crippen LogP contribution is -2.35. The van der Waals surface area contributed by atoms with E-state index in [1.54, 1.807) is 0 Å². The fraction of sp³-hybridized carbons (Fsp3) is 1.00. The highest BCUT2D eigenvalue weighted by Crippen LogP contribution is 2.25. The molecule has 0 radical (unpaired) electrons. The Morgan fingerprint density at radius 1 is 1.36 bits per heavy atom. The lowest BCUT2D eigenvalue weighted by Gasteiger charge is -2.32. The van der Waals surface area contributed by atoms with Gasteiger partial charge in [0.1, 0.15) is 0 Å². The smallest absolute Gasteiger partial charge is 0.00922 e. The summed E-state index contributed by atoms with van der Waals surface area (Å²) in [6, 6.07) is 0.789. The second-order valence-electron chi connectivity index (χ2n) is 3.89. The minimum Gasteiger partial charge on any atom is -0.330 e. The Morgan fingerprint density at radius 3 is 2.64 bits per heavy atom. The Morgan fingerprint density at radius 2 is 2.09 bits per heavy atom. The van der Waals surface area contributed by atoms with Crippen LogP contribution in [0.15, 0.2) is 0 Å². The zero-order chi connectivity index (χ0) is 8.27. The topological polar surface area (TPSA) is 29.3 Å². The van der Waals surface area contributed by atoms with Crippen LogP contribution in [0.3, 0.4) is 0 Å². The van der Waals surface area contributed by atoms with Crippen LogP contribution in [0.25, 0.3) is 0 Å². The van der Waals surface area contributed by atoms with Gasteiger partial charge in [0.05, 0.1) is 0 Å². The van der Waals surface area contributed by atoms with E-state index in [-0.39, 0.29) is 0 Å². The Balaban J connectivity index is 2.33. The van der Waals surface area contributed by atoms with Gasteiger partial charge in [-0.15, -0.1) is 0 Å². The van der Waals surface area contributed by atoms with Gasteiger partial charge in [0.25, 0.3) is 0 Å². The summed E-state index contributed by atoms with van der Waals surface area (Å²) in [7, 11) is 4.34. The van der Waals surface area contributed by atoms with Crippen LogP contribution in [-0.2, 0) is 0 Å². The molecule has 2 atom stereocenters. The molecule has 0 aromatic carbocycles. The molecule has 1 aliphatic carbocycles. The Bertz CT molecular complexity index is 112. The molecule has 1 aliphatic rings. The van der Waals surface area contributed by atoms with Crippen molar-refractivity contribution in [2.45, 2.75) is 31.7 Å². The molecule has 0 aromatic rings. The number of hydrogen-bond acceptors (Lipinski definition) is 2. The largest absolute Gasteiger partial charge is 0.330 e. The standard InChI is InChI=1S/C9H20N2/c1-11(2)9-5-3-4-8(6-9)7-10/h8-9H,3-7,10H2,1-2H3. The molecule has 0 spiro atoms. The molecule has 1 rings (SSSR count). The molecule has 0 aliphatic heterocycles. The summed E-state index contributed by atoms with van der Waals surface area (Å²) >= 11 is 0. The van der Waals surface area contributed by atoms with Crippen molar-refractivity contribution < 1.29 is 0 Å². The number of nitrogens with two attached hydrogens (primary N) is 1. The van der Waals surface area contributed by atoms with E-state index in [1.165, 1.54) is 25.7 Å². The number of hydrogen-bond donors (Lipinski definition) is 1. The highest BCUT2D eigenvalue weighted by Gasteiger charge is 2.21. The molecule has 0 saturated heterocycles. The lowest BCUT2D eigenvalue weighted by atomic mass is 9.85. The predicted octanol–water partition coefficient (Wildman–Crippen LogP) is 1.07. The van der Waals surface area contributed by atoms with Crippen LogP contribution in [0.2, 0.25) is 0 Å². The maximum absolute atomic E-state index is 5.65. The Hall–Kier alpha value is -0.0800. The molecule has 2 heteroatoms. The summed E-state index contributed by atoms with van der Waals surface area (Å²) in [4.78, 5) is 2.34. The summed E-state index contributed by atoms with van der Waals surface area (Å²) in [5, 5.41) is 0. The molecule has 0 bridgehead atoms. The first kappa shape index (κ1) is 9.01. The first-order chi connectivity index (χ1) is 5.24. The van der Waals surface area contributed by atoms with Gasteiger partial charge in [0, 0.05) is 6.04 Å². The normalized spacial score (nSPS) is 32.7. The van der Waals surface area contributed by atoms with Crippen molar-refractivity contribution in [1.82, 2.24) is 4.90 Å². The third-order valence-electron chi connectivity index (χ3n) is 2.82. The minimum absolute atomic E-state index is 0.788. The maximum atomic E-state index is 5.65. The molecule has 2 N–H and O–H groups in total. The van der Waals surface area contributed by atoms with Gasteiger partial charge in [-0.25, -0.2) is 0 Å². The van der Waals surface area contributed by atoms with Crippen LogP contribution in [0, 0.1) is 5.92 Å². The van der Waals surface area contributed by atoms with Crippen molar-refractivity contribution in [2.75, 3.05) is 20.6 Å². The van der Waals surface area contributed by atoms with Crippen molar-refractivity contribution in [1.29, 1.82) is 0 Å². The van der Waals surface area contributed by atoms with Crippen LogP contribution < -0.4 is 5.73 Å². The molecule has 1 saturated carbocycles. The molecular formula is C9H20N2. The van der Waals surface area contributed by atoms with Gasteiger partial charge in [0.15, 0.2) is 0 Å². The maximum Gasteiger partial charge on any atom is 0.00922 e. The van der Waals surface area contributed by atoms with Gasteiger partial charge in [-0.2, -0.15) is 0 Å². The van der Waals surface area contributed by atoms with E-state index < -0.39 is 0 Å². The van der Waals surface area contributed by atoms with Gasteiger partial charge in [-0.3, -0.25) is 0 Å². The fourth-order valence-electron chi connectivity index (χ4n) is 1.95. The molecule has 2 nitrogen and oxygen atoms in total. The molecule has 66 valence electrons. The molecule has 0 amide bonds. The molecule has 1 fully saturated rings. The zero-order valence-corrected chi connectivity index (χ0v) is 7.71. The van der Waals surface area contributed by atoms with E-state index in [0.29, 0.717) is 0 Å². The lowest BCUT2D eigenvalue weighted by molar-refractivity contribution is 0.188. The van der Waals surface area contributed by atoms with E-state index in [4.69, 9.17) is 5.73 Å². The first-order valence-corrected chi connectivity index (χ1v) is 4.60. The highest BCUT2D eigenvalue weighted by atomic mass is 15.1. The van der Waals surface area contributed by atoms with Crippen molar-refractivity contribution in [3.8, 4) is 0 Å². The molecule has 0 aromatic heterocycles. The van der Waals surface area contributed by atoms with Crippen LogP contribution in [0.5, 0.6) is 0 Å². The van der Waals surface area contributed by atoms with E-state index in [0.717, 1.165) is 18.5 Å². The fourth-order valence-corrected chi connectivity index (χ4v) is 1.95. The third-order valence-corrected chi connectivity index (χ3v) is 2.82. The van der Waals surface area contributed by atoms with Crippen LogP contribution >= 0.6 is 0 Å². The minimum atomic E-state index is 0.788. The van der Waals surface area contributed by atoms with Crippen molar-refractivity contribution in [2.24, 2.45) is 11.7 Å². The summed E-state index contributed by atoms with van der Waals surface area (Å²) in [5.41, 5.74) is 5.65. The van der Waals surface area contributed by atoms with E-state index in [2.05, 4.69) is 19.0 Å². The van der Waals surface area contributed by atoms with E-state index >= 15 is 0 Å². The third kappa shape index (κ3) is 2.46. The van der Waals surface area contributed by atoms with E-state index in [1.807, 2.05) is 0 Å². The van der Waals surface area contributed by atoms with Gasteiger partial charge >= 0.3 is 0 Å². The SMILES string of the molecule is CN(C)C1CCCC(CN)C1. The second kappa shape index (κ2) is 4.07. The van der Waals surface area contributed by atoms with Crippen LogP contribution in [0.4, 0.5) is 0 Å². The summed E-state index contributed by atoms with van der Waals surface area (Å²) in [6.07, 6.45) is 5.39. The average Bonchev–Trinajstić information content (AvgIpc) is 2.05. The second-order valence-corrected chi connectivity index (χ2v) is 3.89. The van der Waals surface area contributed by atoms with Gasteiger partial charge in [0.2, 0.25) is 0 Å². The Kier molecular flexibility index (Phi) is 3.34. The van der Waals surface area contributed by atoms with Crippen molar-refractivity contribution in [3.63, 3.8) is 0 Å². The average molecular weight is 156 g/mol.